The summed E-state index contributed by atoms with van der Waals surface area (Å²) in [5, 5.41) is 8.94. The van der Waals surface area contributed by atoms with Gasteiger partial charge in [-0.1, -0.05) is 23.6 Å². The van der Waals surface area contributed by atoms with Gasteiger partial charge < -0.3 is 4.57 Å². The van der Waals surface area contributed by atoms with Crippen molar-refractivity contribution in [2.75, 3.05) is 6.26 Å². The highest BCUT2D eigenvalue weighted by atomic mass is 35.5. The Balaban J connectivity index is 1.29. The van der Waals surface area contributed by atoms with Crippen molar-refractivity contribution in [3.8, 4) is 23.0 Å². The summed E-state index contributed by atoms with van der Waals surface area (Å²) in [5.41, 5.74) is -1.39. The van der Waals surface area contributed by atoms with Crippen LogP contribution in [0.4, 0.5) is 30.7 Å². The largest absolute Gasteiger partial charge is 0.435 e. The second kappa shape index (κ2) is 15.1. The molecule has 0 saturated heterocycles. The minimum absolute atomic E-state index is 0.00466. The molecule has 1 fully saturated rings. The van der Waals surface area contributed by atoms with Crippen molar-refractivity contribution in [3.05, 3.63) is 117 Å². The molecule has 0 spiro atoms. The Labute approximate surface area is 357 Å². The molecule has 8 rings (SSSR count). The molecular formula is C44H39ClF7N7O2S. The highest BCUT2D eigenvalue weighted by Gasteiger charge is 2.68. The first-order valence-corrected chi connectivity index (χ1v) is 22.1. The number of halogens is 8. The molecule has 0 radical (unpaired) electrons. The maximum Gasteiger partial charge on any atom is 0.435 e. The Morgan fingerprint density at radius 2 is 1.77 bits per heavy atom. The van der Waals surface area contributed by atoms with E-state index in [1.807, 2.05) is 25.3 Å². The van der Waals surface area contributed by atoms with Crippen LogP contribution in [0.1, 0.15) is 83.9 Å². The molecule has 0 amide bonds. The fourth-order valence-corrected chi connectivity index (χ4v) is 9.82. The average Bonchev–Trinajstić information content (AvgIpc) is 3.36. The third-order valence-electron chi connectivity index (χ3n) is 11.4. The van der Waals surface area contributed by atoms with Gasteiger partial charge >= 0.3 is 6.18 Å². The lowest BCUT2D eigenvalue weighted by Crippen LogP contribution is -2.24. The number of carbonyl (C=O) groups is 1. The number of imidazole rings is 1. The lowest BCUT2D eigenvalue weighted by molar-refractivity contribution is -0.142. The third kappa shape index (κ3) is 8.03. The van der Waals surface area contributed by atoms with Gasteiger partial charge in [-0.3, -0.25) is 18.4 Å². The molecular weight excluding hydrogens is 859 g/mol. The number of alkyl halides is 5. The number of aryl methyl sites for hydroxylation is 2. The molecule has 4 atom stereocenters. The summed E-state index contributed by atoms with van der Waals surface area (Å²) in [6.45, 7) is 4.63. The van der Waals surface area contributed by atoms with E-state index in [0.29, 0.717) is 49.3 Å². The van der Waals surface area contributed by atoms with Crippen molar-refractivity contribution in [2.24, 2.45) is 13.0 Å². The second-order valence-corrected chi connectivity index (χ2v) is 19.8. The number of carbonyl (C=O) groups excluding carboxylic acids is 1. The van der Waals surface area contributed by atoms with Gasteiger partial charge in [-0.05, 0) is 96.7 Å². The molecule has 0 N–H and O–H groups in total. The monoisotopic (exact) mass is 897 g/mol. The Morgan fingerprint density at radius 3 is 2.42 bits per heavy atom. The molecule has 2 aromatic carbocycles. The van der Waals surface area contributed by atoms with Crippen molar-refractivity contribution < 1.29 is 39.7 Å². The predicted molar refractivity (Wildman–Crippen MR) is 221 cm³/mol. The first-order chi connectivity index (χ1) is 28.9. The van der Waals surface area contributed by atoms with Crippen molar-refractivity contribution in [1.82, 2.24) is 34.1 Å². The quantitative estimate of drug-likeness (QED) is 0.0731. The number of Topliss-reactive ketones (excluding diaryl/α,β-unsaturated/α-hetero) is 1. The van der Waals surface area contributed by atoms with Crippen LogP contribution in [0.15, 0.2) is 54.9 Å². The van der Waals surface area contributed by atoms with Gasteiger partial charge in [0.1, 0.15) is 40.9 Å². The van der Waals surface area contributed by atoms with Crippen LogP contribution in [-0.4, -0.2) is 56.2 Å². The number of aromatic nitrogens is 7. The molecule has 0 aliphatic heterocycles. The van der Waals surface area contributed by atoms with E-state index in [9.17, 15) is 31.0 Å². The number of hydrogen-bond acceptors (Lipinski definition) is 6. The minimum atomic E-state index is -5.04. The van der Waals surface area contributed by atoms with E-state index in [-0.39, 0.29) is 35.5 Å². The maximum atomic E-state index is 15.5. The zero-order valence-corrected chi connectivity index (χ0v) is 35.6. The molecule has 9 nitrogen and oxygen atoms in total. The van der Waals surface area contributed by atoms with E-state index in [0.717, 1.165) is 12.1 Å². The fraction of sp³-hybridized carbons (Fsp3) is 0.364. The average molecular weight is 898 g/mol. The van der Waals surface area contributed by atoms with Gasteiger partial charge in [0.2, 0.25) is 0 Å². The van der Waals surface area contributed by atoms with Crippen LogP contribution in [0.2, 0.25) is 5.02 Å². The van der Waals surface area contributed by atoms with E-state index < -0.39 is 92.2 Å². The zero-order chi connectivity index (χ0) is 44.8. The van der Waals surface area contributed by atoms with Crippen molar-refractivity contribution in [1.29, 1.82) is 0 Å². The summed E-state index contributed by atoms with van der Waals surface area (Å²) >= 11 is 6.76. The zero-order valence-electron chi connectivity index (χ0n) is 34.0. The van der Waals surface area contributed by atoms with E-state index >= 15 is 8.78 Å². The Bertz CT molecular complexity index is 2970. The highest BCUT2D eigenvalue weighted by Crippen LogP contribution is 2.68. The molecule has 1 unspecified atom stereocenters. The van der Waals surface area contributed by atoms with Gasteiger partial charge in [-0.25, -0.2) is 18.7 Å². The normalized spacial score (nSPS) is 18.2. The van der Waals surface area contributed by atoms with Gasteiger partial charge in [0.15, 0.2) is 11.5 Å². The smallest absolute Gasteiger partial charge is 0.319 e. The van der Waals surface area contributed by atoms with E-state index in [1.54, 1.807) is 48.4 Å². The molecule has 0 bridgehead atoms. The van der Waals surface area contributed by atoms with Crippen LogP contribution in [0.25, 0.3) is 22.0 Å². The molecule has 4 heterocycles. The standard InChI is InChI=1S/C44H39ClF7N7O2S/c1-23-53-13-14-58(23)42(2,3)12-11-28-7-8-30(31-9-10-34(45)37-35(22-62(5,6)61)55-57(4)39(31)37)38(54-28)25(15-24-16-26(46)19-27(47)17-24)18-29(60)21-59-41-36(40(56-59)44(50,51)52)32-20-33(32)43(41,48)49/h7-10,13-14,16-17,19,25,32-33H,5,15,18,20-22H2,1-4,6H3/t25-,32+,33-,62?/m1/s1. The summed E-state index contributed by atoms with van der Waals surface area (Å²) in [7, 11) is -0.937. The van der Waals surface area contributed by atoms with E-state index in [2.05, 4.69) is 32.9 Å². The number of ketones is 1. The molecule has 2 aliphatic carbocycles. The van der Waals surface area contributed by atoms with E-state index in [1.165, 1.54) is 6.26 Å². The molecule has 2 aliphatic rings. The summed E-state index contributed by atoms with van der Waals surface area (Å²) < 4.78 is 120. The molecule has 1 saturated carbocycles. The molecule has 324 valence electrons. The first-order valence-electron chi connectivity index (χ1n) is 19.4. The Hall–Kier alpha value is -5.47. The Morgan fingerprint density at radius 1 is 1.08 bits per heavy atom. The summed E-state index contributed by atoms with van der Waals surface area (Å²) in [6, 6.07) is 9.50. The minimum Gasteiger partial charge on any atom is -0.319 e. The molecule has 6 aromatic rings. The van der Waals surface area contributed by atoms with Crippen molar-refractivity contribution in [2.45, 2.75) is 81.8 Å². The predicted octanol–water partition coefficient (Wildman–Crippen LogP) is 9.11. The van der Waals surface area contributed by atoms with Gasteiger partial charge in [-0.2, -0.15) is 32.1 Å². The number of nitrogens with zero attached hydrogens (tertiary/aromatic N) is 7. The van der Waals surface area contributed by atoms with Crippen molar-refractivity contribution in [3.63, 3.8) is 0 Å². The third-order valence-corrected chi connectivity index (χ3v) is 12.6. The fourth-order valence-electron chi connectivity index (χ4n) is 8.77. The van der Waals surface area contributed by atoms with Gasteiger partial charge in [-0.15, -0.1) is 0 Å². The van der Waals surface area contributed by atoms with Crippen LogP contribution in [0, 0.1) is 36.3 Å². The van der Waals surface area contributed by atoms with Crippen LogP contribution >= 0.6 is 11.6 Å². The van der Waals surface area contributed by atoms with Gasteiger partial charge in [0.05, 0.1) is 27.7 Å². The summed E-state index contributed by atoms with van der Waals surface area (Å²) in [5.74, 6) is 1.15. The number of hydrogen-bond donors (Lipinski definition) is 0. The lowest BCUT2D eigenvalue weighted by atomic mass is 9.86. The van der Waals surface area contributed by atoms with E-state index in [4.69, 9.17) is 16.6 Å². The number of benzene rings is 2. The summed E-state index contributed by atoms with van der Waals surface area (Å²) in [6.07, 6.45) is -1.02. The van der Waals surface area contributed by atoms with Gasteiger partial charge in [0, 0.05) is 72.1 Å². The molecule has 62 heavy (non-hydrogen) atoms. The maximum absolute atomic E-state index is 15.5. The SMILES string of the molecule is C=S(C)(=O)Cc1nn(C)c2c(-c3ccc(C#CC(C)(C)n4ccnc4C)nc3[C@@H](CC(=O)Cn3nc(C(F)(F)F)c4c3C(F)(F)[C@@H]3C[C@H]43)Cc3cc(F)cc(F)c3)ccc(Cl)c12. The molecule has 18 heteroatoms. The summed E-state index contributed by atoms with van der Waals surface area (Å²) in [4.78, 5) is 23.5. The van der Waals surface area contributed by atoms with Crippen LogP contribution in [-0.2, 0) is 57.7 Å². The topological polar surface area (TPSA) is 100 Å². The second-order valence-electron chi connectivity index (χ2n) is 16.8. The van der Waals surface area contributed by atoms with Crippen molar-refractivity contribution >= 4 is 43.7 Å². The number of pyridine rings is 1. The number of fused-ring (bicyclic) bond motifs is 4. The van der Waals surface area contributed by atoms with Crippen LogP contribution in [0.3, 0.4) is 0 Å². The number of rotatable bonds is 11. The van der Waals surface area contributed by atoms with Gasteiger partial charge in [0.25, 0.3) is 5.92 Å². The highest BCUT2D eigenvalue weighted by molar-refractivity contribution is 7.98. The van der Waals surface area contributed by atoms with Crippen LogP contribution in [0.5, 0.6) is 0 Å². The Kier molecular flexibility index (Phi) is 10.5. The lowest BCUT2D eigenvalue weighted by Gasteiger charge is -2.22. The first kappa shape index (κ1) is 43.2. The molecule has 4 aromatic heterocycles. The van der Waals surface area contributed by atoms with Crippen LogP contribution < -0.4 is 0 Å².